The molecule has 0 saturated heterocycles. The molecule has 7 nitrogen and oxygen atoms in total. The molecule has 2 heterocycles. The van der Waals surface area contributed by atoms with E-state index in [0.717, 1.165) is 0 Å². The van der Waals surface area contributed by atoms with Crippen molar-refractivity contribution in [3.8, 4) is 0 Å². The van der Waals surface area contributed by atoms with Crippen LogP contribution < -0.4 is 5.32 Å². The number of esters is 1. The van der Waals surface area contributed by atoms with E-state index < -0.39 is 5.97 Å². The molecule has 0 radical (unpaired) electrons. The first-order valence-corrected chi connectivity index (χ1v) is 6.72. The number of nitrogens with one attached hydrogen (secondary N) is 1. The highest BCUT2D eigenvalue weighted by Crippen LogP contribution is 2.20. The maximum atomic E-state index is 11.6. The second kappa shape index (κ2) is 6.28. The van der Waals surface area contributed by atoms with Crippen molar-refractivity contribution in [3.63, 3.8) is 0 Å². The largest absolute Gasteiger partial charge is 0.461 e. The van der Waals surface area contributed by atoms with Gasteiger partial charge < -0.3 is 14.6 Å². The van der Waals surface area contributed by atoms with Crippen LogP contribution in [0.15, 0.2) is 10.0 Å². The number of anilines is 1. The molecule has 0 bridgehead atoms. The highest BCUT2D eigenvalue weighted by atomic mass is 32.1. The van der Waals surface area contributed by atoms with E-state index >= 15 is 0 Å². The zero-order chi connectivity index (χ0) is 13.7. The van der Waals surface area contributed by atoms with E-state index in [9.17, 15) is 4.79 Å². The summed E-state index contributed by atoms with van der Waals surface area (Å²) in [6.07, 6.45) is 0.609. The number of aryl methyl sites for hydroxylation is 1. The minimum absolute atomic E-state index is 0.316. The van der Waals surface area contributed by atoms with Gasteiger partial charge in [0.25, 0.3) is 0 Å². The number of rotatable bonds is 6. The van der Waals surface area contributed by atoms with Crippen LogP contribution in [0.4, 0.5) is 5.00 Å². The molecule has 0 spiro atoms. The third-order valence-corrected chi connectivity index (χ3v) is 3.02. The maximum absolute atomic E-state index is 11.6. The quantitative estimate of drug-likeness (QED) is 0.806. The number of thiazole rings is 1. The van der Waals surface area contributed by atoms with Crippen molar-refractivity contribution < 1.29 is 14.1 Å². The summed E-state index contributed by atoms with van der Waals surface area (Å²) in [5, 5.41) is 7.61. The van der Waals surface area contributed by atoms with Gasteiger partial charge in [0.05, 0.1) is 12.1 Å². The molecule has 0 fully saturated rings. The predicted octanol–water partition coefficient (Wildman–Crippen LogP) is 1.67. The first-order chi connectivity index (χ1) is 9.20. The van der Waals surface area contributed by atoms with Crippen molar-refractivity contribution in [2.24, 2.45) is 0 Å². The average Bonchev–Trinajstić information content (AvgIpc) is 2.99. The summed E-state index contributed by atoms with van der Waals surface area (Å²) in [7, 11) is 0. The summed E-state index contributed by atoms with van der Waals surface area (Å²) in [5.74, 6) is 0.758. The number of hydrogen-bond acceptors (Lipinski definition) is 8. The Bertz CT molecular complexity index is 552. The van der Waals surface area contributed by atoms with Crippen molar-refractivity contribution in [2.75, 3.05) is 18.5 Å². The van der Waals surface area contributed by atoms with Crippen LogP contribution in [0.3, 0.4) is 0 Å². The number of carbonyl (C=O) groups is 1. The highest BCUT2D eigenvalue weighted by Gasteiger charge is 2.15. The Morgan fingerprint density at radius 3 is 3.11 bits per heavy atom. The normalized spacial score (nSPS) is 10.4. The fourth-order valence-corrected chi connectivity index (χ4v) is 2.14. The monoisotopic (exact) mass is 282 g/mol. The number of carbonyl (C=O) groups excluding carboxylic acids is 1. The van der Waals surface area contributed by atoms with Gasteiger partial charge in [-0.3, -0.25) is 0 Å². The molecule has 0 aromatic carbocycles. The first-order valence-electron chi connectivity index (χ1n) is 5.84. The standard InChI is InChI=1S/C11H14N4O3S/c1-3-17-11(16)9-10(19-6-13-9)12-5-4-8-14-7(2)18-15-8/h6,12H,3-5H2,1-2H3. The van der Waals surface area contributed by atoms with Crippen molar-refractivity contribution in [2.45, 2.75) is 20.3 Å². The molecule has 0 amide bonds. The SMILES string of the molecule is CCOC(=O)c1ncsc1NCCc1noc(C)n1. The molecule has 0 aliphatic carbocycles. The number of hydrogen-bond donors (Lipinski definition) is 1. The Labute approximate surface area is 114 Å². The van der Waals surface area contributed by atoms with Gasteiger partial charge in [-0.25, -0.2) is 9.78 Å². The zero-order valence-corrected chi connectivity index (χ0v) is 11.5. The minimum atomic E-state index is -0.415. The van der Waals surface area contributed by atoms with Gasteiger partial charge in [-0.05, 0) is 6.92 Å². The van der Waals surface area contributed by atoms with Crippen molar-refractivity contribution in [1.29, 1.82) is 0 Å². The summed E-state index contributed by atoms with van der Waals surface area (Å²) in [4.78, 5) is 19.7. The molecule has 2 aromatic rings. The van der Waals surface area contributed by atoms with Crippen LogP contribution in [-0.4, -0.2) is 34.2 Å². The summed E-state index contributed by atoms with van der Waals surface area (Å²) < 4.78 is 9.79. The molecule has 0 aliphatic rings. The lowest BCUT2D eigenvalue weighted by Crippen LogP contribution is -2.11. The van der Waals surface area contributed by atoms with Gasteiger partial charge >= 0.3 is 5.97 Å². The van der Waals surface area contributed by atoms with Gasteiger partial charge in [-0.15, -0.1) is 11.3 Å². The molecule has 2 aromatic heterocycles. The maximum Gasteiger partial charge on any atom is 0.360 e. The molecule has 102 valence electrons. The first kappa shape index (κ1) is 13.5. The summed E-state index contributed by atoms with van der Waals surface area (Å²) in [6.45, 7) is 4.42. The molecule has 0 saturated carbocycles. The Morgan fingerprint density at radius 2 is 2.42 bits per heavy atom. The van der Waals surface area contributed by atoms with Crippen molar-refractivity contribution in [3.05, 3.63) is 22.9 Å². The summed E-state index contributed by atoms with van der Waals surface area (Å²) in [5.41, 5.74) is 1.92. The minimum Gasteiger partial charge on any atom is -0.461 e. The van der Waals surface area contributed by atoms with Crippen LogP contribution in [0.2, 0.25) is 0 Å². The van der Waals surface area contributed by atoms with Crippen molar-refractivity contribution >= 4 is 22.3 Å². The molecule has 0 atom stereocenters. The topological polar surface area (TPSA) is 90.1 Å². The van der Waals surface area contributed by atoms with Crippen LogP contribution in [0, 0.1) is 6.92 Å². The van der Waals surface area contributed by atoms with Crippen LogP contribution in [0.25, 0.3) is 0 Å². The molecular formula is C11H14N4O3S. The van der Waals surface area contributed by atoms with E-state index in [1.165, 1.54) is 11.3 Å². The van der Waals surface area contributed by atoms with Gasteiger partial charge in [-0.2, -0.15) is 4.98 Å². The van der Waals surface area contributed by atoms with E-state index in [-0.39, 0.29) is 0 Å². The van der Waals surface area contributed by atoms with E-state index in [1.54, 1.807) is 19.4 Å². The second-order valence-electron chi connectivity index (χ2n) is 3.66. The van der Waals surface area contributed by atoms with Gasteiger partial charge in [0, 0.05) is 19.9 Å². The van der Waals surface area contributed by atoms with Crippen LogP contribution in [-0.2, 0) is 11.2 Å². The van der Waals surface area contributed by atoms with Gasteiger partial charge in [0.2, 0.25) is 5.89 Å². The molecule has 2 rings (SSSR count). The summed E-state index contributed by atoms with van der Waals surface area (Å²) >= 11 is 1.36. The van der Waals surface area contributed by atoms with E-state index in [4.69, 9.17) is 9.26 Å². The lowest BCUT2D eigenvalue weighted by Gasteiger charge is -2.04. The molecule has 0 unspecified atom stereocenters. The smallest absolute Gasteiger partial charge is 0.360 e. The molecule has 19 heavy (non-hydrogen) atoms. The number of nitrogens with zero attached hydrogens (tertiary/aromatic N) is 3. The van der Waals surface area contributed by atoms with E-state index in [2.05, 4.69) is 20.4 Å². The lowest BCUT2D eigenvalue weighted by atomic mass is 10.4. The fraction of sp³-hybridized carbons (Fsp3) is 0.455. The fourth-order valence-electron chi connectivity index (χ4n) is 1.45. The molecular weight excluding hydrogens is 268 g/mol. The van der Waals surface area contributed by atoms with Crippen LogP contribution in [0.5, 0.6) is 0 Å². The Kier molecular flexibility index (Phi) is 4.45. The van der Waals surface area contributed by atoms with E-state index in [0.29, 0.717) is 42.0 Å². The predicted molar refractivity (Wildman–Crippen MR) is 69.3 cm³/mol. The number of ether oxygens (including phenoxy) is 1. The Balaban J connectivity index is 1.89. The van der Waals surface area contributed by atoms with Crippen molar-refractivity contribution in [1.82, 2.24) is 15.1 Å². The number of aromatic nitrogens is 3. The summed E-state index contributed by atoms with van der Waals surface area (Å²) in [6, 6.07) is 0. The second-order valence-corrected chi connectivity index (χ2v) is 4.51. The van der Waals surface area contributed by atoms with Crippen LogP contribution in [0.1, 0.15) is 29.1 Å². The third-order valence-electron chi connectivity index (χ3n) is 2.24. The van der Waals surface area contributed by atoms with Gasteiger partial charge in [0.1, 0.15) is 5.00 Å². The lowest BCUT2D eigenvalue weighted by molar-refractivity contribution is 0.0521. The molecule has 0 aliphatic heterocycles. The average molecular weight is 282 g/mol. The Hall–Kier alpha value is -1.96. The van der Waals surface area contributed by atoms with Crippen LogP contribution >= 0.6 is 11.3 Å². The van der Waals surface area contributed by atoms with Gasteiger partial charge in [-0.1, -0.05) is 5.16 Å². The third kappa shape index (κ3) is 3.50. The molecule has 1 N–H and O–H groups in total. The highest BCUT2D eigenvalue weighted by molar-refractivity contribution is 7.14. The zero-order valence-electron chi connectivity index (χ0n) is 10.7. The van der Waals surface area contributed by atoms with E-state index in [1.807, 2.05) is 0 Å². The van der Waals surface area contributed by atoms with Gasteiger partial charge in [0.15, 0.2) is 11.5 Å². The molecule has 8 heteroatoms. The Morgan fingerprint density at radius 1 is 1.58 bits per heavy atom.